The molecule has 1 aromatic carbocycles. The Labute approximate surface area is 77.0 Å². The third-order valence-corrected chi connectivity index (χ3v) is 1.97. The lowest BCUT2D eigenvalue weighted by Crippen LogP contribution is -1.95. The maximum atomic E-state index is 11.3. The summed E-state index contributed by atoms with van der Waals surface area (Å²) in [6, 6.07) is 7.40. The van der Waals surface area contributed by atoms with Gasteiger partial charge >= 0.3 is 0 Å². The minimum Gasteiger partial charge on any atom is -0.464 e. The minimum atomic E-state index is -0.0926. The van der Waals surface area contributed by atoms with Crippen molar-refractivity contribution in [3.8, 4) is 0 Å². The summed E-state index contributed by atoms with van der Waals surface area (Å²) in [6.45, 7) is 0. The highest BCUT2D eigenvalue weighted by atomic mass is 16.3. The summed E-state index contributed by atoms with van der Waals surface area (Å²) >= 11 is 0. The molecule has 0 unspecified atom stereocenters. The van der Waals surface area contributed by atoms with E-state index in [1.807, 2.05) is 24.3 Å². The second-order valence-corrected chi connectivity index (χ2v) is 2.77. The summed E-state index contributed by atoms with van der Waals surface area (Å²) in [5.74, 6) is -0.0926. The normalized spacial score (nSPS) is 10.5. The van der Waals surface area contributed by atoms with Crippen molar-refractivity contribution in [2.45, 2.75) is 6.32 Å². The second kappa shape index (κ2) is 3.09. The lowest BCUT2D eigenvalue weighted by molar-refractivity contribution is 0.101. The van der Waals surface area contributed by atoms with E-state index in [4.69, 9.17) is 12.3 Å². The van der Waals surface area contributed by atoms with E-state index in [0.29, 0.717) is 5.56 Å². The largest absolute Gasteiger partial charge is 0.464 e. The Morgan fingerprint density at radius 2 is 2.15 bits per heavy atom. The molecule has 3 heteroatoms. The zero-order valence-electron chi connectivity index (χ0n) is 6.99. The highest BCUT2D eigenvalue weighted by Gasteiger charge is 2.10. The monoisotopic (exact) mass is 170 g/mol. The second-order valence-electron chi connectivity index (χ2n) is 2.77. The SMILES string of the molecule is [B]CC(=O)c1coc2ccccc12. The molecule has 0 aliphatic carbocycles. The van der Waals surface area contributed by atoms with Crippen LogP contribution in [0.15, 0.2) is 34.9 Å². The Bertz CT molecular complexity index is 445. The van der Waals surface area contributed by atoms with Gasteiger partial charge < -0.3 is 4.42 Å². The van der Waals surface area contributed by atoms with Crippen molar-refractivity contribution >= 4 is 24.6 Å². The van der Waals surface area contributed by atoms with Crippen LogP contribution in [0, 0.1) is 0 Å². The number of carbonyl (C=O) groups excluding carboxylic acids is 1. The molecule has 62 valence electrons. The van der Waals surface area contributed by atoms with Crippen molar-refractivity contribution in [3.63, 3.8) is 0 Å². The van der Waals surface area contributed by atoms with Gasteiger partial charge in [0.25, 0.3) is 0 Å². The van der Waals surface area contributed by atoms with Crippen LogP contribution in [0.1, 0.15) is 10.4 Å². The van der Waals surface area contributed by atoms with Crippen LogP contribution in [0.2, 0.25) is 6.32 Å². The zero-order chi connectivity index (χ0) is 9.26. The van der Waals surface area contributed by atoms with Crippen LogP contribution in [-0.2, 0) is 0 Å². The maximum absolute atomic E-state index is 11.3. The topological polar surface area (TPSA) is 30.2 Å². The number of fused-ring (bicyclic) bond motifs is 1. The minimum absolute atomic E-state index is 0.0174. The molecule has 2 radical (unpaired) electrons. The number of ketones is 1. The van der Waals surface area contributed by atoms with E-state index in [0.717, 1.165) is 11.0 Å². The van der Waals surface area contributed by atoms with E-state index in [-0.39, 0.29) is 12.1 Å². The van der Waals surface area contributed by atoms with Crippen LogP contribution in [0.5, 0.6) is 0 Å². The molecule has 2 aromatic rings. The molecule has 0 saturated heterocycles. The van der Waals surface area contributed by atoms with Gasteiger partial charge in [0.1, 0.15) is 11.8 Å². The molecule has 0 amide bonds. The average molecular weight is 170 g/mol. The number of benzene rings is 1. The van der Waals surface area contributed by atoms with Gasteiger partial charge in [-0.25, -0.2) is 0 Å². The summed E-state index contributed by atoms with van der Waals surface area (Å²) in [5.41, 5.74) is 1.29. The fourth-order valence-corrected chi connectivity index (χ4v) is 1.30. The molecular weight excluding hydrogens is 163 g/mol. The summed E-state index contributed by atoms with van der Waals surface area (Å²) in [6.07, 6.45) is 1.48. The third-order valence-electron chi connectivity index (χ3n) is 1.97. The highest BCUT2D eigenvalue weighted by Crippen LogP contribution is 2.21. The molecule has 13 heavy (non-hydrogen) atoms. The van der Waals surface area contributed by atoms with Crippen molar-refractivity contribution in [2.75, 3.05) is 0 Å². The van der Waals surface area contributed by atoms with Crippen LogP contribution < -0.4 is 0 Å². The molecule has 0 N–H and O–H groups in total. The van der Waals surface area contributed by atoms with Gasteiger partial charge in [-0.3, -0.25) is 4.79 Å². The Hall–Kier alpha value is -1.51. The first kappa shape index (κ1) is 8.11. The molecule has 0 bridgehead atoms. The molecule has 0 fully saturated rings. The predicted octanol–water partition coefficient (Wildman–Crippen LogP) is 2.20. The fourth-order valence-electron chi connectivity index (χ4n) is 1.30. The van der Waals surface area contributed by atoms with Crippen LogP contribution >= 0.6 is 0 Å². The van der Waals surface area contributed by atoms with E-state index >= 15 is 0 Å². The van der Waals surface area contributed by atoms with Gasteiger partial charge in [-0.05, 0) is 12.4 Å². The summed E-state index contributed by atoms with van der Waals surface area (Å²) in [5, 5.41) is 0.831. The van der Waals surface area contributed by atoms with E-state index in [1.54, 1.807) is 0 Å². The molecule has 0 saturated carbocycles. The Balaban J connectivity index is 2.64. The molecule has 0 spiro atoms. The van der Waals surface area contributed by atoms with E-state index in [2.05, 4.69) is 0 Å². The maximum Gasteiger partial charge on any atom is 0.158 e. The van der Waals surface area contributed by atoms with Gasteiger partial charge in [-0.2, -0.15) is 0 Å². The van der Waals surface area contributed by atoms with Crippen LogP contribution in [-0.4, -0.2) is 13.6 Å². The zero-order valence-corrected chi connectivity index (χ0v) is 6.99. The van der Waals surface area contributed by atoms with E-state index in [1.165, 1.54) is 6.26 Å². The van der Waals surface area contributed by atoms with Gasteiger partial charge in [0.2, 0.25) is 0 Å². The van der Waals surface area contributed by atoms with Crippen molar-refractivity contribution in [2.24, 2.45) is 0 Å². The molecule has 1 aromatic heterocycles. The van der Waals surface area contributed by atoms with Gasteiger partial charge in [-0.15, -0.1) is 0 Å². The van der Waals surface area contributed by atoms with Crippen LogP contribution in [0.4, 0.5) is 0 Å². The molecule has 0 aliphatic heterocycles. The predicted molar refractivity (Wildman–Crippen MR) is 51.1 cm³/mol. The number of hydrogen-bond acceptors (Lipinski definition) is 2. The van der Waals surface area contributed by atoms with Crippen molar-refractivity contribution in [1.82, 2.24) is 0 Å². The first-order chi connectivity index (χ1) is 6.33. The first-order valence-corrected chi connectivity index (χ1v) is 4.02. The standard InChI is InChI=1S/C10H7BO2/c11-5-9(12)8-6-13-10-4-2-1-3-7(8)10/h1-4,6H,5H2. The fraction of sp³-hybridized carbons (Fsp3) is 0.100. The van der Waals surface area contributed by atoms with Gasteiger partial charge in [0.15, 0.2) is 5.78 Å². The summed E-state index contributed by atoms with van der Waals surface area (Å²) < 4.78 is 5.20. The van der Waals surface area contributed by atoms with Gasteiger partial charge in [-0.1, -0.05) is 18.2 Å². The Morgan fingerprint density at radius 1 is 1.38 bits per heavy atom. The molecule has 1 heterocycles. The lowest BCUT2D eigenvalue weighted by Gasteiger charge is -1.91. The van der Waals surface area contributed by atoms with Crippen molar-refractivity contribution < 1.29 is 9.21 Å². The van der Waals surface area contributed by atoms with E-state index < -0.39 is 0 Å². The van der Waals surface area contributed by atoms with E-state index in [9.17, 15) is 4.79 Å². The average Bonchev–Trinajstić information content (AvgIpc) is 2.60. The number of hydrogen-bond donors (Lipinski definition) is 0. The number of furan rings is 1. The molecule has 0 atom stereocenters. The molecular formula is C10H7BO2. The van der Waals surface area contributed by atoms with Crippen molar-refractivity contribution in [3.05, 3.63) is 36.1 Å². The molecule has 2 nitrogen and oxygen atoms in total. The Morgan fingerprint density at radius 3 is 2.92 bits per heavy atom. The number of rotatable bonds is 2. The summed E-state index contributed by atoms with van der Waals surface area (Å²) in [4.78, 5) is 11.3. The number of Topliss-reactive ketones (excluding diaryl/α,β-unsaturated/α-hetero) is 1. The lowest BCUT2D eigenvalue weighted by atomic mass is 9.96. The number of para-hydroxylation sites is 1. The third kappa shape index (κ3) is 1.26. The van der Waals surface area contributed by atoms with Crippen LogP contribution in [0.25, 0.3) is 11.0 Å². The smallest absolute Gasteiger partial charge is 0.158 e. The quantitative estimate of drug-likeness (QED) is 0.510. The summed E-state index contributed by atoms with van der Waals surface area (Å²) in [7, 11) is 5.26. The Kier molecular flexibility index (Phi) is 1.93. The number of carbonyl (C=O) groups is 1. The van der Waals surface area contributed by atoms with Crippen LogP contribution in [0.3, 0.4) is 0 Å². The van der Waals surface area contributed by atoms with Gasteiger partial charge in [0, 0.05) is 5.39 Å². The van der Waals surface area contributed by atoms with Crippen molar-refractivity contribution in [1.29, 1.82) is 0 Å². The van der Waals surface area contributed by atoms with Gasteiger partial charge in [0.05, 0.1) is 13.4 Å². The molecule has 0 aliphatic rings. The molecule has 2 rings (SSSR count). The first-order valence-electron chi connectivity index (χ1n) is 4.02. The highest BCUT2D eigenvalue weighted by molar-refractivity contribution is 6.26.